The van der Waals surface area contributed by atoms with E-state index in [4.69, 9.17) is 16.7 Å². The molecule has 5 heteroatoms. The van der Waals surface area contributed by atoms with Crippen LogP contribution in [0.5, 0.6) is 0 Å². The summed E-state index contributed by atoms with van der Waals surface area (Å²) < 4.78 is 0. The molecule has 0 heterocycles. The van der Waals surface area contributed by atoms with E-state index >= 15 is 0 Å². The van der Waals surface area contributed by atoms with Gasteiger partial charge in [0.15, 0.2) is 0 Å². The second kappa shape index (κ2) is 5.75. The van der Waals surface area contributed by atoms with Crippen molar-refractivity contribution in [2.24, 2.45) is 5.73 Å². The first-order chi connectivity index (χ1) is 8.10. The molecule has 0 saturated carbocycles. The fourth-order valence-corrected chi connectivity index (χ4v) is 1.63. The number of amides is 1. The topological polar surface area (TPSA) is 96.1 Å². The number of nitrogen functional groups attached to an aromatic ring is 1. The Morgan fingerprint density at radius 2 is 2.24 bits per heavy atom. The maximum absolute atomic E-state index is 11.0. The molecule has 1 amide bonds. The Kier molecular flexibility index (Phi) is 4.35. The molecule has 0 aliphatic carbocycles. The van der Waals surface area contributed by atoms with Crippen LogP contribution in [0.4, 0.5) is 11.4 Å². The molecule has 0 spiro atoms. The largest absolute Gasteiger partial charge is 0.397 e. The molecule has 1 aromatic rings. The highest BCUT2D eigenvalue weighted by atomic mass is 16.1. The van der Waals surface area contributed by atoms with E-state index in [1.54, 1.807) is 18.2 Å². The number of benzene rings is 1. The van der Waals surface area contributed by atoms with Crippen molar-refractivity contribution in [1.82, 2.24) is 0 Å². The second-order valence-electron chi connectivity index (χ2n) is 3.63. The van der Waals surface area contributed by atoms with Crippen molar-refractivity contribution < 1.29 is 4.79 Å². The van der Waals surface area contributed by atoms with Gasteiger partial charge in [-0.2, -0.15) is 5.26 Å². The van der Waals surface area contributed by atoms with E-state index in [1.165, 1.54) is 0 Å². The predicted molar refractivity (Wildman–Crippen MR) is 67.5 cm³/mol. The minimum atomic E-state index is -0.497. The lowest BCUT2D eigenvalue weighted by Crippen LogP contribution is -2.25. The van der Waals surface area contributed by atoms with Gasteiger partial charge in [0.1, 0.15) is 0 Å². The summed E-state index contributed by atoms with van der Waals surface area (Å²) in [5.41, 5.74) is 12.8. The molecular weight excluding hydrogens is 216 g/mol. The molecule has 0 aromatic heterocycles. The van der Waals surface area contributed by atoms with Gasteiger partial charge in [-0.15, -0.1) is 0 Å². The standard InChI is InChI=1S/C12H16N4O/c1-2-16(7-3-6-13)11-5-4-9(12(15)17)8-10(11)14/h4-5,8H,2-3,7,14H2,1H3,(H2,15,17). The number of carbonyl (C=O) groups is 1. The van der Waals surface area contributed by atoms with Gasteiger partial charge in [-0.25, -0.2) is 0 Å². The molecule has 0 saturated heterocycles. The highest BCUT2D eigenvalue weighted by Gasteiger charge is 2.10. The molecule has 4 N–H and O–H groups in total. The quantitative estimate of drug-likeness (QED) is 0.743. The van der Waals surface area contributed by atoms with E-state index in [-0.39, 0.29) is 0 Å². The van der Waals surface area contributed by atoms with Gasteiger partial charge in [-0.05, 0) is 25.1 Å². The van der Waals surface area contributed by atoms with Gasteiger partial charge in [0, 0.05) is 18.7 Å². The summed E-state index contributed by atoms with van der Waals surface area (Å²) in [5.74, 6) is -0.497. The van der Waals surface area contributed by atoms with Gasteiger partial charge >= 0.3 is 0 Å². The number of nitrogens with two attached hydrogens (primary N) is 2. The lowest BCUT2D eigenvalue weighted by molar-refractivity contribution is 0.100. The van der Waals surface area contributed by atoms with E-state index in [1.807, 2.05) is 11.8 Å². The Morgan fingerprint density at radius 1 is 1.53 bits per heavy atom. The average Bonchev–Trinajstić information content (AvgIpc) is 2.31. The Bertz CT molecular complexity index is 450. The molecule has 1 rings (SSSR count). The Hall–Kier alpha value is -2.22. The first kappa shape index (κ1) is 12.8. The highest BCUT2D eigenvalue weighted by molar-refractivity contribution is 5.94. The normalized spacial score (nSPS) is 9.65. The molecule has 17 heavy (non-hydrogen) atoms. The van der Waals surface area contributed by atoms with Gasteiger partial charge in [-0.1, -0.05) is 0 Å². The molecule has 0 fully saturated rings. The minimum absolute atomic E-state index is 0.391. The van der Waals surface area contributed by atoms with Crippen molar-refractivity contribution in [3.63, 3.8) is 0 Å². The zero-order valence-electron chi connectivity index (χ0n) is 9.81. The third-order valence-corrected chi connectivity index (χ3v) is 2.53. The minimum Gasteiger partial charge on any atom is -0.397 e. The molecule has 90 valence electrons. The molecule has 1 aromatic carbocycles. The van der Waals surface area contributed by atoms with E-state index in [2.05, 4.69) is 6.07 Å². The summed E-state index contributed by atoms with van der Waals surface area (Å²) in [7, 11) is 0. The fourth-order valence-electron chi connectivity index (χ4n) is 1.63. The number of nitrogens with zero attached hydrogens (tertiary/aromatic N) is 2. The summed E-state index contributed by atoms with van der Waals surface area (Å²) >= 11 is 0. The Balaban J connectivity index is 2.97. The number of anilines is 2. The SMILES string of the molecule is CCN(CCC#N)c1ccc(C(N)=O)cc1N. The second-order valence-corrected chi connectivity index (χ2v) is 3.63. The maximum atomic E-state index is 11.0. The molecule has 0 aliphatic rings. The molecular formula is C12H16N4O. The van der Waals surface area contributed by atoms with Crippen molar-refractivity contribution in [1.29, 1.82) is 5.26 Å². The molecule has 0 aliphatic heterocycles. The lowest BCUT2D eigenvalue weighted by atomic mass is 10.1. The zero-order valence-corrected chi connectivity index (χ0v) is 9.81. The van der Waals surface area contributed by atoms with E-state index in [0.29, 0.717) is 24.2 Å². The van der Waals surface area contributed by atoms with Crippen LogP contribution in [-0.2, 0) is 0 Å². The van der Waals surface area contributed by atoms with Crippen molar-refractivity contribution >= 4 is 17.3 Å². The van der Waals surface area contributed by atoms with Gasteiger partial charge in [0.05, 0.1) is 23.9 Å². The van der Waals surface area contributed by atoms with Crippen LogP contribution >= 0.6 is 0 Å². The van der Waals surface area contributed by atoms with Crippen LogP contribution in [0.3, 0.4) is 0 Å². The van der Waals surface area contributed by atoms with E-state index in [0.717, 1.165) is 12.2 Å². The molecule has 0 atom stereocenters. The summed E-state index contributed by atoms with van der Waals surface area (Å²) in [6.45, 7) is 3.35. The number of carbonyl (C=O) groups excluding carboxylic acids is 1. The van der Waals surface area contributed by atoms with Gasteiger partial charge in [0.25, 0.3) is 0 Å². The smallest absolute Gasteiger partial charge is 0.248 e. The predicted octanol–water partition coefficient (Wildman–Crippen LogP) is 1.11. The molecule has 0 bridgehead atoms. The van der Waals surface area contributed by atoms with Crippen LogP contribution in [0.25, 0.3) is 0 Å². The van der Waals surface area contributed by atoms with Gasteiger partial charge in [-0.3, -0.25) is 4.79 Å². The summed E-state index contributed by atoms with van der Waals surface area (Å²) in [6.07, 6.45) is 0.435. The summed E-state index contributed by atoms with van der Waals surface area (Å²) in [4.78, 5) is 13.0. The summed E-state index contributed by atoms with van der Waals surface area (Å²) in [5, 5.41) is 8.57. The van der Waals surface area contributed by atoms with Gasteiger partial charge < -0.3 is 16.4 Å². The number of nitriles is 1. The number of primary amides is 1. The van der Waals surface area contributed by atoms with Crippen LogP contribution in [-0.4, -0.2) is 19.0 Å². The van der Waals surface area contributed by atoms with E-state index in [9.17, 15) is 4.79 Å². The van der Waals surface area contributed by atoms with Crippen molar-refractivity contribution in [3.05, 3.63) is 23.8 Å². The molecule has 0 radical (unpaired) electrons. The fraction of sp³-hybridized carbons (Fsp3) is 0.333. The Morgan fingerprint density at radius 3 is 2.71 bits per heavy atom. The first-order valence-electron chi connectivity index (χ1n) is 5.41. The molecule has 5 nitrogen and oxygen atoms in total. The average molecular weight is 232 g/mol. The number of hydrogen-bond acceptors (Lipinski definition) is 4. The van der Waals surface area contributed by atoms with Crippen molar-refractivity contribution in [2.75, 3.05) is 23.7 Å². The van der Waals surface area contributed by atoms with Gasteiger partial charge in [0.2, 0.25) is 5.91 Å². The van der Waals surface area contributed by atoms with E-state index < -0.39 is 5.91 Å². The van der Waals surface area contributed by atoms with Crippen LogP contribution in [0.15, 0.2) is 18.2 Å². The first-order valence-corrected chi connectivity index (χ1v) is 5.41. The monoisotopic (exact) mass is 232 g/mol. The number of rotatable bonds is 5. The third-order valence-electron chi connectivity index (χ3n) is 2.53. The Labute approximate surface area is 101 Å². The zero-order chi connectivity index (χ0) is 12.8. The lowest BCUT2D eigenvalue weighted by Gasteiger charge is -2.23. The van der Waals surface area contributed by atoms with Crippen LogP contribution in [0.1, 0.15) is 23.7 Å². The van der Waals surface area contributed by atoms with Crippen molar-refractivity contribution in [2.45, 2.75) is 13.3 Å². The van der Waals surface area contributed by atoms with Crippen LogP contribution in [0.2, 0.25) is 0 Å². The molecule has 0 unspecified atom stereocenters. The third kappa shape index (κ3) is 3.11. The maximum Gasteiger partial charge on any atom is 0.248 e. The summed E-state index contributed by atoms with van der Waals surface area (Å²) in [6, 6.07) is 7.06. The van der Waals surface area contributed by atoms with Crippen LogP contribution in [0, 0.1) is 11.3 Å². The van der Waals surface area contributed by atoms with Crippen molar-refractivity contribution in [3.8, 4) is 6.07 Å². The highest BCUT2D eigenvalue weighted by Crippen LogP contribution is 2.24. The number of hydrogen-bond donors (Lipinski definition) is 2. The van der Waals surface area contributed by atoms with Crippen LogP contribution < -0.4 is 16.4 Å².